The summed E-state index contributed by atoms with van der Waals surface area (Å²) in [6.45, 7) is 1.08. The summed E-state index contributed by atoms with van der Waals surface area (Å²) in [5.74, 6) is 2.08. The molecule has 132 valence electrons. The monoisotopic (exact) mass is 345 g/mol. The molecule has 4 rings (SSSR count). The Morgan fingerprint density at radius 2 is 1.35 bits per heavy atom. The van der Waals surface area contributed by atoms with Gasteiger partial charge in [-0.25, -0.2) is 0 Å². The van der Waals surface area contributed by atoms with E-state index in [9.17, 15) is 0 Å². The minimum atomic E-state index is 0.241. The van der Waals surface area contributed by atoms with E-state index in [1.807, 2.05) is 48.5 Å². The first-order chi connectivity index (χ1) is 12.8. The molecule has 3 aromatic rings. The van der Waals surface area contributed by atoms with E-state index in [0.717, 1.165) is 29.0 Å². The molecule has 3 aromatic carbocycles. The predicted octanol–water partition coefficient (Wildman–Crippen LogP) is 4.66. The molecule has 1 fully saturated rings. The molecule has 1 aliphatic rings. The van der Waals surface area contributed by atoms with Gasteiger partial charge in [0, 0.05) is 18.0 Å². The molecule has 2 N–H and O–H groups in total. The van der Waals surface area contributed by atoms with Crippen LogP contribution in [0.5, 0.6) is 11.5 Å². The Balaban J connectivity index is 1.49. The van der Waals surface area contributed by atoms with E-state index in [4.69, 9.17) is 15.2 Å². The van der Waals surface area contributed by atoms with Crippen molar-refractivity contribution in [2.24, 2.45) is 5.73 Å². The van der Waals surface area contributed by atoms with Crippen LogP contribution in [0.15, 0.2) is 78.9 Å². The van der Waals surface area contributed by atoms with Gasteiger partial charge in [-0.2, -0.15) is 0 Å². The van der Waals surface area contributed by atoms with Crippen LogP contribution in [-0.2, 0) is 13.2 Å². The Bertz CT molecular complexity index is 849. The van der Waals surface area contributed by atoms with E-state index in [0.29, 0.717) is 19.1 Å². The van der Waals surface area contributed by atoms with Crippen molar-refractivity contribution in [3.8, 4) is 11.5 Å². The second kappa shape index (κ2) is 7.63. The van der Waals surface area contributed by atoms with Gasteiger partial charge in [-0.1, -0.05) is 66.7 Å². The topological polar surface area (TPSA) is 44.5 Å². The summed E-state index contributed by atoms with van der Waals surface area (Å²) in [5, 5.41) is 0. The second-order valence-corrected chi connectivity index (χ2v) is 6.75. The Morgan fingerprint density at radius 1 is 0.769 bits per heavy atom. The van der Waals surface area contributed by atoms with Crippen molar-refractivity contribution in [1.29, 1.82) is 0 Å². The van der Waals surface area contributed by atoms with Gasteiger partial charge in [0.15, 0.2) is 0 Å². The number of hydrogen-bond acceptors (Lipinski definition) is 3. The highest BCUT2D eigenvalue weighted by atomic mass is 16.5. The van der Waals surface area contributed by atoms with Crippen LogP contribution in [0.1, 0.15) is 29.0 Å². The lowest BCUT2D eigenvalue weighted by molar-refractivity contribution is 0.288. The molecule has 2 atom stereocenters. The van der Waals surface area contributed by atoms with Gasteiger partial charge in [-0.3, -0.25) is 0 Å². The summed E-state index contributed by atoms with van der Waals surface area (Å²) in [6, 6.07) is 26.7. The fourth-order valence-electron chi connectivity index (χ4n) is 3.08. The summed E-state index contributed by atoms with van der Waals surface area (Å²) in [6.07, 6.45) is 1.02. The van der Waals surface area contributed by atoms with Gasteiger partial charge in [-0.05, 0) is 29.2 Å². The van der Waals surface area contributed by atoms with Gasteiger partial charge in [0.05, 0.1) is 0 Å². The van der Waals surface area contributed by atoms with Crippen molar-refractivity contribution in [2.45, 2.75) is 31.6 Å². The molecular formula is C23H23NO2. The van der Waals surface area contributed by atoms with Crippen molar-refractivity contribution in [3.63, 3.8) is 0 Å². The summed E-state index contributed by atoms with van der Waals surface area (Å²) in [5.41, 5.74) is 9.53. The molecule has 0 aliphatic heterocycles. The van der Waals surface area contributed by atoms with E-state index in [2.05, 4.69) is 30.3 Å². The van der Waals surface area contributed by atoms with Crippen molar-refractivity contribution >= 4 is 0 Å². The maximum absolute atomic E-state index is 6.13. The highest BCUT2D eigenvalue weighted by molar-refractivity contribution is 5.46. The van der Waals surface area contributed by atoms with Crippen LogP contribution in [-0.4, -0.2) is 6.04 Å². The lowest BCUT2D eigenvalue weighted by atomic mass is 10.1. The largest absolute Gasteiger partial charge is 0.489 e. The predicted molar refractivity (Wildman–Crippen MR) is 103 cm³/mol. The van der Waals surface area contributed by atoms with Crippen LogP contribution in [0.25, 0.3) is 0 Å². The normalized spacial score (nSPS) is 18.3. The molecule has 0 spiro atoms. The molecular weight excluding hydrogens is 322 g/mol. The van der Waals surface area contributed by atoms with Gasteiger partial charge in [-0.15, -0.1) is 0 Å². The maximum atomic E-state index is 6.13. The van der Waals surface area contributed by atoms with Crippen molar-refractivity contribution in [3.05, 3.63) is 95.6 Å². The van der Waals surface area contributed by atoms with E-state index in [1.54, 1.807) is 0 Å². The zero-order valence-electron chi connectivity index (χ0n) is 14.7. The molecule has 3 heteroatoms. The van der Waals surface area contributed by atoms with E-state index in [-0.39, 0.29) is 6.04 Å². The molecule has 0 heterocycles. The van der Waals surface area contributed by atoms with Crippen molar-refractivity contribution in [1.82, 2.24) is 0 Å². The summed E-state index contributed by atoms with van der Waals surface area (Å²) in [4.78, 5) is 0. The van der Waals surface area contributed by atoms with Crippen LogP contribution in [0.4, 0.5) is 0 Å². The number of benzene rings is 3. The third-order valence-corrected chi connectivity index (χ3v) is 4.71. The van der Waals surface area contributed by atoms with Gasteiger partial charge in [0.25, 0.3) is 0 Å². The second-order valence-electron chi connectivity index (χ2n) is 6.75. The number of ether oxygens (including phenoxy) is 2. The minimum absolute atomic E-state index is 0.241. The average Bonchev–Trinajstić information content (AvgIpc) is 3.43. The Kier molecular flexibility index (Phi) is 4.89. The highest BCUT2D eigenvalue weighted by Gasteiger charge is 2.37. The summed E-state index contributed by atoms with van der Waals surface area (Å²) < 4.78 is 12.1. The maximum Gasteiger partial charge on any atom is 0.127 e. The fraction of sp³-hybridized carbons (Fsp3) is 0.217. The summed E-state index contributed by atoms with van der Waals surface area (Å²) >= 11 is 0. The molecule has 0 radical (unpaired) electrons. The van der Waals surface area contributed by atoms with E-state index >= 15 is 0 Å². The van der Waals surface area contributed by atoms with E-state index in [1.165, 1.54) is 5.56 Å². The molecule has 1 saturated carbocycles. The van der Waals surface area contributed by atoms with Gasteiger partial charge in [0.2, 0.25) is 0 Å². The number of nitrogens with two attached hydrogens (primary N) is 1. The fourth-order valence-corrected chi connectivity index (χ4v) is 3.08. The Morgan fingerprint density at radius 3 is 1.92 bits per heavy atom. The molecule has 0 aromatic heterocycles. The molecule has 0 saturated heterocycles. The average molecular weight is 345 g/mol. The Hall–Kier alpha value is -2.78. The zero-order valence-corrected chi connectivity index (χ0v) is 14.7. The minimum Gasteiger partial charge on any atom is -0.489 e. The number of hydrogen-bond donors (Lipinski definition) is 1. The first-order valence-electron chi connectivity index (χ1n) is 9.02. The van der Waals surface area contributed by atoms with Gasteiger partial charge in [0.1, 0.15) is 24.7 Å². The van der Waals surface area contributed by atoms with Crippen LogP contribution in [0, 0.1) is 0 Å². The van der Waals surface area contributed by atoms with Crippen molar-refractivity contribution < 1.29 is 9.47 Å². The quantitative estimate of drug-likeness (QED) is 0.677. The zero-order chi connectivity index (χ0) is 17.8. The smallest absolute Gasteiger partial charge is 0.127 e. The summed E-state index contributed by atoms with van der Waals surface area (Å²) in [7, 11) is 0. The highest BCUT2D eigenvalue weighted by Crippen LogP contribution is 2.44. The van der Waals surface area contributed by atoms with Gasteiger partial charge < -0.3 is 15.2 Å². The molecule has 0 amide bonds. The molecule has 0 bridgehead atoms. The first kappa shape index (κ1) is 16.7. The third kappa shape index (κ3) is 4.06. The Labute approximate surface area is 154 Å². The SMILES string of the molecule is NC1CC1c1ccc(OCc2ccccc2)cc1OCc1ccccc1. The van der Waals surface area contributed by atoms with Crippen LogP contribution < -0.4 is 15.2 Å². The third-order valence-electron chi connectivity index (χ3n) is 4.71. The number of rotatable bonds is 7. The molecule has 1 aliphatic carbocycles. The van der Waals surface area contributed by atoms with E-state index < -0.39 is 0 Å². The van der Waals surface area contributed by atoms with Crippen molar-refractivity contribution in [2.75, 3.05) is 0 Å². The molecule has 3 nitrogen and oxygen atoms in total. The van der Waals surface area contributed by atoms with Crippen LogP contribution in [0.2, 0.25) is 0 Å². The van der Waals surface area contributed by atoms with Crippen LogP contribution in [0.3, 0.4) is 0 Å². The molecule has 26 heavy (non-hydrogen) atoms. The first-order valence-corrected chi connectivity index (χ1v) is 9.02. The lowest BCUT2D eigenvalue weighted by Crippen LogP contribution is -2.04. The standard InChI is InChI=1S/C23H23NO2/c24-22-14-21(22)20-12-11-19(25-15-17-7-3-1-4-8-17)13-23(20)26-16-18-9-5-2-6-10-18/h1-13,21-22H,14-16,24H2. The van der Waals surface area contributed by atoms with Crippen LogP contribution >= 0.6 is 0 Å². The van der Waals surface area contributed by atoms with Gasteiger partial charge >= 0.3 is 0 Å². The lowest BCUT2D eigenvalue weighted by Gasteiger charge is -2.14. The molecule has 2 unspecified atom stereocenters.